The summed E-state index contributed by atoms with van der Waals surface area (Å²) in [6, 6.07) is 95.1. The molecule has 0 saturated carbocycles. The van der Waals surface area contributed by atoms with E-state index in [0.717, 1.165) is 28.2 Å². The quantitative estimate of drug-likeness (QED) is 0.162. The van der Waals surface area contributed by atoms with Gasteiger partial charge in [0.15, 0.2) is 0 Å². The zero-order valence-corrected chi connectivity index (χ0v) is 37.6. The molecular formula is C67H42N2. The van der Waals surface area contributed by atoms with Gasteiger partial charge in [-0.25, -0.2) is 0 Å². The smallest absolute Gasteiger partial charge is 0.0727 e. The van der Waals surface area contributed by atoms with Gasteiger partial charge in [0, 0.05) is 33.3 Å². The zero-order chi connectivity index (χ0) is 45.2. The molecule has 3 aliphatic rings. The van der Waals surface area contributed by atoms with Crippen LogP contribution >= 0.6 is 0 Å². The Labute approximate surface area is 401 Å². The molecule has 12 aromatic rings. The summed E-state index contributed by atoms with van der Waals surface area (Å²) in [6.45, 7) is 0. The molecule has 0 atom stereocenters. The van der Waals surface area contributed by atoms with Gasteiger partial charge in [-0.05, 0) is 126 Å². The normalized spacial score (nSPS) is 13.0. The van der Waals surface area contributed by atoms with Gasteiger partial charge in [-0.15, -0.1) is 0 Å². The molecule has 0 radical (unpaired) electrons. The van der Waals surface area contributed by atoms with Crippen LogP contribution in [-0.2, 0) is 5.41 Å². The van der Waals surface area contributed by atoms with Gasteiger partial charge >= 0.3 is 0 Å². The van der Waals surface area contributed by atoms with Gasteiger partial charge in [-0.3, -0.25) is 0 Å². The van der Waals surface area contributed by atoms with Crippen LogP contribution in [0.3, 0.4) is 0 Å². The molecule has 1 spiro atoms. The Morgan fingerprint density at radius 2 is 0.826 bits per heavy atom. The van der Waals surface area contributed by atoms with E-state index < -0.39 is 5.41 Å². The lowest BCUT2D eigenvalue weighted by Gasteiger charge is -2.33. The Bertz CT molecular complexity index is 3950. The average molecular weight is 875 g/mol. The highest BCUT2D eigenvalue weighted by Crippen LogP contribution is 2.67. The molecule has 69 heavy (non-hydrogen) atoms. The minimum Gasteiger partial charge on any atom is -0.310 e. The molecule has 15 rings (SSSR count). The summed E-state index contributed by atoms with van der Waals surface area (Å²) in [5.41, 5.74) is 26.5. The fourth-order valence-electron chi connectivity index (χ4n) is 12.5. The second-order valence-electron chi connectivity index (χ2n) is 18.7. The second-order valence-corrected chi connectivity index (χ2v) is 18.7. The van der Waals surface area contributed by atoms with E-state index in [1.807, 2.05) is 0 Å². The van der Waals surface area contributed by atoms with Crippen molar-refractivity contribution in [2.45, 2.75) is 5.41 Å². The standard InChI is InChI=1S/C67H42N2/c1-4-19-43(20-5-1)46-35-37-49(38-36-46)68(50-40-47(44-21-6-2-7-22-44)39-48(41-50)45-23-8-3-9-24-45)62-42-59-65-63-54(53-27-12-16-33-60(53)69-61-34-17-13-28-55(61)64(62)66(65)69)29-18-32-58(63)67(59)56-30-14-10-25-51(56)52-26-11-15-31-57(52)67/h1-42H. The van der Waals surface area contributed by atoms with E-state index in [9.17, 15) is 0 Å². The van der Waals surface area contributed by atoms with Crippen molar-refractivity contribution in [3.63, 3.8) is 0 Å². The molecule has 1 aromatic heterocycles. The predicted molar refractivity (Wildman–Crippen MR) is 287 cm³/mol. The number of rotatable bonds is 6. The van der Waals surface area contributed by atoms with Crippen LogP contribution in [0.1, 0.15) is 22.3 Å². The van der Waals surface area contributed by atoms with Gasteiger partial charge in [0.25, 0.3) is 0 Å². The minimum absolute atomic E-state index is 0.575. The summed E-state index contributed by atoms with van der Waals surface area (Å²) in [5.74, 6) is 0. The third kappa shape index (κ3) is 5.26. The lowest BCUT2D eigenvalue weighted by molar-refractivity contribution is 0.794. The first-order chi connectivity index (χ1) is 34.3. The maximum atomic E-state index is 2.61. The molecule has 0 unspecified atom stereocenters. The molecule has 2 heteroatoms. The Kier molecular flexibility index (Phi) is 8.02. The molecule has 2 aliphatic carbocycles. The van der Waals surface area contributed by atoms with E-state index in [0.29, 0.717) is 0 Å². The van der Waals surface area contributed by atoms with Gasteiger partial charge in [0.1, 0.15) is 0 Å². The number of aromatic nitrogens is 1. The number of para-hydroxylation sites is 2. The fraction of sp³-hybridized carbons (Fsp3) is 0.0149. The molecular weight excluding hydrogens is 833 g/mol. The maximum absolute atomic E-state index is 2.61. The highest BCUT2D eigenvalue weighted by molar-refractivity contribution is 6.24. The van der Waals surface area contributed by atoms with E-state index in [1.54, 1.807) is 0 Å². The van der Waals surface area contributed by atoms with Crippen LogP contribution in [-0.4, -0.2) is 4.57 Å². The largest absolute Gasteiger partial charge is 0.310 e. The van der Waals surface area contributed by atoms with Gasteiger partial charge in [0.2, 0.25) is 0 Å². The van der Waals surface area contributed by atoms with Crippen molar-refractivity contribution in [3.8, 4) is 72.4 Å². The summed E-state index contributed by atoms with van der Waals surface area (Å²) in [7, 11) is 0. The van der Waals surface area contributed by atoms with Crippen LogP contribution in [0.2, 0.25) is 0 Å². The Balaban J connectivity index is 1.14. The van der Waals surface area contributed by atoms with Crippen LogP contribution in [0.4, 0.5) is 17.1 Å². The molecule has 2 nitrogen and oxygen atoms in total. The number of fused-ring (bicyclic) bond motifs is 13. The average Bonchev–Trinajstić information content (AvgIpc) is 4.01. The van der Waals surface area contributed by atoms with E-state index >= 15 is 0 Å². The lowest BCUT2D eigenvalue weighted by atomic mass is 9.70. The minimum atomic E-state index is -0.575. The van der Waals surface area contributed by atoms with Crippen molar-refractivity contribution in [2.75, 3.05) is 4.90 Å². The predicted octanol–water partition coefficient (Wildman–Crippen LogP) is 17.6. The number of anilines is 3. The summed E-state index contributed by atoms with van der Waals surface area (Å²) in [4.78, 5) is 2.57. The zero-order valence-electron chi connectivity index (χ0n) is 37.6. The topological polar surface area (TPSA) is 8.17 Å². The number of hydrogen-bond donors (Lipinski definition) is 0. The summed E-state index contributed by atoms with van der Waals surface area (Å²) in [5, 5.41) is 2.46. The van der Waals surface area contributed by atoms with Crippen molar-refractivity contribution in [3.05, 3.63) is 277 Å². The van der Waals surface area contributed by atoms with E-state index in [4.69, 9.17) is 0 Å². The number of hydrogen-bond acceptors (Lipinski definition) is 1. The molecule has 0 amide bonds. The van der Waals surface area contributed by atoms with E-state index in [2.05, 4.69) is 264 Å². The Morgan fingerprint density at radius 3 is 1.48 bits per heavy atom. The Hall–Kier alpha value is -8.98. The second kappa shape index (κ2) is 14.5. The van der Waals surface area contributed by atoms with Crippen molar-refractivity contribution >= 4 is 38.9 Å². The first-order valence-corrected chi connectivity index (χ1v) is 24.0. The molecule has 1 aliphatic heterocycles. The summed E-state index contributed by atoms with van der Waals surface area (Å²) >= 11 is 0. The van der Waals surface area contributed by atoms with Crippen molar-refractivity contribution < 1.29 is 0 Å². The molecule has 0 N–H and O–H groups in total. The van der Waals surface area contributed by atoms with Gasteiger partial charge in [-0.1, -0.05) is 206 Å². The Morgan fingerprint density at radius 1 is 0.319 bits per heavy atom. The van der Waals surface area contributed by atoms with E-state index in [1.165, 1.54) is 105 Å². The van der Waals surface area contributed by atoms with Crippen LogP contribution in [0.25, 0.3) is 94.3 Å². The first-order valence-electron chi connectivity index (χ1n) is 24.0. The number of benzene rings is 11. The third-order valence-electron chi connectivity index (χ3n) is 15.3. The van der Waals surface area contributed by atoms with Gasteiger partial charge < -0.3 is 9.47 Å². The molecule has 2 heterocycles. The van der Waals surface area contributed by atoms with Gasteiger partial charge in [-0.2, -0.15) is 0 Å². The van der Waals surface area contributed by atoms with Crippen LogP contribution in [0.5, 0.6) is 0 Å². The van der Waals surface area contributed by atoms with Crippen LogP contribution < -0.4 is 4.90 Å². The highest BCUT2D eigenvalue weighted by Gasteiger charge is 2.54. The van der Waals surface area contributed by atoms with Gasteiger partial charge in [0.05, 0.1) is 27.8 Å². The number of nitrogens with zero attached hydrogens (tertiary/aromatic N) is 2. The first kappa shape index (κ1) is 38.2. The van der Waals surface area contributed by atoms with Crippen molar-refractivity contribution in [2.24, 2.45) is 0 Å². The van der Waals surface area contributed by atoms with Crippen molar-refractivity contribution in [1.82, 2.24) is 4.57 Å². The fourth-order valence-corrected chi connectivity index (χ4v) is 12.5. The SMILES string of the molecule is c1ccc(-c2ccc(N(c3cc(-c4ccccc4)cc(-c4ccccc4)c3)c3cc4c5c6c3c3ccccc3n6-c3ccccc3-c3cccc(c3-5)C43c4ccccc4-c4ccccc43)cc2)cc1. The summed E-state index contributed by atoms with van der Waals surface area (Å²) in [6.07, 6.45) is 0. The molecule has 0 bridgehead atoms. The lowest BCUT2D eigenvalue weighted by Crippen LogP contribution is -2.26. The monoisotopic (exact) mass is 874 g/mol. The van der Waals surface area contributed by atoms with Crippen LogP contribution in [0, 0.1) is 0 Å². The molecule has 11 aromatic carbocycles. The molecule has 0 saturated heterocycles. The summed E-state index contributed by atoms with van der Waals surface area (Å²) < 4.78 is 2.60. The van der Waals surface area contributed by atoms with E-state index in [-0.39, 0.29) is 0 Å². The highest BCUT2D eigenvalue weighted by atomic mass is 15.1. The van der Waals surface area contributed by atoms with Crippen molar-refractivity contribution in [1.29, 1.82) is 0 Å². The maximum Gasteiger partial charge on any atom is 0.0727 e. The molecule has 320 valence electrons. The van der Waals surface area contributed by atoms with Crippen LogP contribution in [0.15, 0.2) is 255 Å². The molecule has 0 fully saturated rings. The third-order valence-corrected chi connectivity index (χ3v) is 15.3.